The van der Waals surface area contributed by atoms with Crippen molar-refractivity contribution in [3.63, 3.8) is 0 Å². The highest BCUT2D eigenvalue weighted by Gasteiger charge is 2.30. The van der Waals surface area contributed by atoms with Crippen molar-refractivity contribution in [1.29, 1.82) is 0 Å². The molecule has 1 aromatic carbocycles. The zero-order chi connectivity index (χ0) is 17.8. The number of para-hydroxylation sites is 1. The average molecular weight is 352 g/mol. The molecule has 4 rings (SSSR count). The molecule has 0 N–H and O–H groups in total. The minimum Gasteiger partial charge on any atom is -0.486 e. The lowest BCUT2D eigenvalue weighted by molar-refractivity contribution is 0.0592. The number of amides is 1. The van der Waals surface area contributed by atoms with E-state index in [1.165, 1.54) is 6.42 Å². The molecule has 0 aliphatic carbocycles. The van der Waals surface area contributed by atoms with Crippen molar-refractivity contribution in [3.8, 4) is 11.5 Å². The third-order valence-electron chi connectivity index (χ3n) is 5.14. The summed E-state index contributed by atoms with van der Waals surface area (Å²) in [6, 6.07) is 11.8. The lowest BCUT2D eigenvalue weighted by atomic mass is 9.96. The number of benzene rings is 1. The van der Waals surface area contributed by atoms with Crippen LogP contribution in [-0.4, -0.2) is 41.6 Å². The highest BCUT2D eigenvalue weighted by atomic mass is 16.6. The van der Waals surface area contributed by atoms with Crippen LogP contribution in [0.4, 0.5) is 0 Å². The van der Waals surface area contributed by atoms with Crippen LogP contribution in [0, 0.1) is 0 Å². The summed E-state index contributed by atoms with van der Waals surface area (Å²) in [4.78, 5) is 19.7. The second-order valence-corrected chi connectivity index (χ2v) is 6.84. The predicted octanol–water partition coefficient (Wildman–Crippen LogP) is 3.48. The normalized spacial score (nSPS) is 19.2. The largest absolute Gasteiger partial charge is 0.486 e. The van der Waals surface area contributed by atoms with Gasteiger partial charge in [-0.3, -0.25) is 9.78 Å². The summed E-state index contributed by atoms with van der Waals surface area (Å²) in [6.07, 6.45) is 6.93. The topological polar surface area (TPSA) is 51.7 Å². The van der Waals surface area contributed by atoms with Gasteiger partial charge in [-0.15, -0.1) is 0 Å². The van der Waals surface area contributed by atoms with E-state index in [1.54, 1.807) is 0 Å². The number of likely N-dealkylation sites (tertiary alicyclic amines) is 1. The van der Waals surface area contributed by atoms with Crippen molar-refractivity contribution < 1.29 is 14.3 Å². The number of rotatable bonds is 4. The average Bonchev–Trinajstić information content (AvgIpc) is 2.72. The van der Waals surface area contributed by atoms with Crippen molar-refractivity contribution in [2.45, 2.75) is 38.1 Å². The van der Waals surface area contributed by atoms with Crippen LogP contribution in [0.25, 0.3) is 0 Å². The Morgan fingerprint density at radius 3 is 2.92 bits per heavy atom. The second kappa shape index (κ2) is 7.77. The van der Waals surface area contributed by atoms with E-state index in [0.29, 0.717) is 30.3 Å². The number of ether oxygens (including phenoxy) is 2. The number of nitrogens with zero attached hydrogens (tertiary/aromatic N) is 2. The van der Waals surface area contributed by atoms with E-state index in [2.05, 4.69) is 4.98 Å². The highest BCUT2D eigenvalue weighted by Crippen LogP contribution is 2.35. The lowest BCUT2D eigenvalue weighted by Crippen LogP contribution is -2.44. The molecule has 3 heterocycles. The number of pyridine rings is 1. The first-order valence-corrected chi connectivity index (χ1v) is 9.42. The van der Waals surface area contributed by atoms with Gasteiger partial charge >= 0.3 is 0 Å². The van der Waals surface area contributed by atoms with Gasteiger partial charge in [-0.2, -0.15) is 0 Å². The fourth-order valence-electron chi connectivity index (χ4n) is 3.83. The third-order valence-corrected chi connectivity index (χ3v) is 5.14. The van der Waals surface area contributed by atoms with Crippen LogP contribution >= 0.6 is 0 Å². The minimum absolute atomic E-state index is 0.0538. The van der Waals surface area contributed by atoms with Gasteiger partial charge in [-0.05, 0) is 56.4 Å². The summed E-state index contributed by atoms with van der Waals surface area (Å²) in [7, 11) is 0. The van der Waals surface area contributed by atoms with Gasteiger partial charge in [0.1, 0.15) is 13.2 Å². The number of hydrogen-bond donors (Lipinski definition) is 0. The Balaban J connectivity index is 1.52. The molecule has 1 atom stereocenters. The van der Waals surface area contributed by atoms with Gasteiger partial charge in [0.2, 0.25) is 0 Å². The molecule has 1 saturated heterocycles. The molecular formula is C21H24N2O3. The van der Waals surface area contributed by atoms with Crippen molar-refractivity contribution in [3.05, 3.63) is 53.9 Å². The summed E-state index contributed by atoms with van der Waals surface area (Å²) in [5, 5.41) is 0. The van der Waals surface area contributed by atoms with Crippen LogP contribution in [0.3, 0.4) is 0 Å². The van der Waals surface area contributed by atoms with E-state index in [9.17, 15) is 4.79 Å². The molecule has 5 heteroatoms. The molecule has 26 heavy (non-hydrogen) atoms. The Morgan fingerprint density at radius 2 is 2.04 bits per heavy atom. The van der Waals surface area contributed by atoms with Gasteiger partial charge in [0.15, 0.2) is 11.5 Å². The van der Waals surface area contributed by atoms with E-state index in [0.717, 1.165) is 37.9 Å². The number of carbonyl (C=O) groups is 1. The molecule has 1 fully saturated rings. The van der Waals surface area contributed by atoms with Crippen molar-refractivity contribution in [2.24, 2.45) is 0 Å². The maximum atomic E-state index is 13.3. The quantitative estimate of drug-likeness (QED) is 0.845. The fraction of sp³-hybridized carbons (Fsp3) is 0.429. The first kappa shape index (κ1) is 16.9. The van der Waals surface area contributed by atoms with Gasteiger partial charge in [-0.1, -0.05) is 12.1 Å². The Hall–Kier alpha value is -2.56. The Bertz CT molecular complexity index is 763. The zero-order valence-corrected chi connectivity index (χ0v) is 14.9. The van der Waals surface area contributed by atoms with Crippen LogP contribution in [0.5, 0.6) is 11.5 Å². The molecule has 5 nitrogen and oxygen atoms in total. The van der Waals surface area contributed by atoms with Crippen LogP contribution < -0.4 is 9.47 Å². The van der Waals surface area contributed by atoms with Gasteiger partial charge < -0.3 is 14.4 Å². The van der Waals surface area contributed by atoms with Crippen LogP contribution in [-0.2, 0) is 6.42 Å². The summed E-state index contributed by atoms with van der Waals surface area (Å²) < 4.78 is 11.4. The Labute approximate surface area is 153 Å². The predicted molar refractivity (Wildman–Crippen MR) is 98.7 cm³/mol. The number of hydrogen-bond acceptors (Lipinski definition) is 4. The maximum Gasteiger partial charge on any atom is 0.258 e. The monoisotopic (exact) mass is 352 g/mol. The fourth-order valence-corrected chi connectivity index (χ4v) is 3.83. The molecule has 0 bridgehead atoms. The first-order chi connectivity index (χ1) is 12.8. The molecule has 2 aromatic rings. The van der Waals surface area contributed by atoms with E-state index < -0.39 is 0 Å². The Morgan fingerprint density at radius 1 is 1.12 bits per heavy atom. The van der Waals surface area contributed by atoms with E-state index in [4.69, 9.17) is 9.47 Å². The molecule has 2 aliphatic heterocycles. The van der Waals surface area contributed by atoms with E-state index in [1.807, 2.05) is 47.5 Å². The number of piperidine rings is 1. The molecule has 1 aromatic heterocycles. The summed E-state index contributed by atoms with van der Waals surface area (Å²) in [5.74, 6) is 1.32. The molecule has 0 unspecified atom stereocenters. The lowest BCUT2D eigenvalue weighted by Gasteiger charge is -2.36. The number of aromatic nitrogens is 1. The highest BCUT2D eigenvalue weighted by molar-refractivity contribution is 5.98. The maximum absolute atomic E-state index is 13.3. The smallest absolute Gasteiger partial charge is 0.258 e. The summed E-state index contributed by atoms with van der Waals surface area (Å²) in [6.45, 7) is 1.82. The number of fused-ring (bicyclic) bond motifs is 1. The van der Waals surface area contributed by atoms with Crippen LogP contribution in [0.1, 0.15) is 41.7 Å². The molecule has 1 amide bonds. The first-order valence-electron chi connectivity index (χ1n) is 9.42. The molecule has 136 valence electrons. The summed E-state index contributed by atoms with van der Waals surface area (Å²) in [5.41, 5.74) is 1.70. The number of carbonyl (C=O) groups excluding carboxylic acids is 1. The van der Waals surface area contributed by atoms with Crippen LogP contribution in [0.2, 0.25) is 0 Å². The van der Waals surface area contributed by atoms with Crippen molar-refractivity contribution in [1.82, 2.24) is 9.88 Å². The molecule has 2 aliphatic rings. The molecule has 0 radical (unpaired) electrons. The zero-order valence-electron chi connectivity index (χ0n) is 14.9. The van der Waals surface area contributed by atoms with E-state index >= 15 is 0 Å². The molecule has 0 saturated carbocycles. The standard InChI is InChI=1S/C21H24N2O3/c24-21(18-8-5-9-19-20(18)26-15-14-25-19)23-13-4-2-7-17(23)11-10-16-6-1-3-12-22-16/h1,3,5-6,8-9,12,17H,2,4,7,10-11,13-15H2/t17-/m0/s1. The van der Waals surface area contributed by atoms with Crippen LogP contribution in [0.15, 0.2) is 42.6 Å². The Kier molecular flexibility index (Phi) is 5.04. The SMILES string of the molecule is O=C(c1cccc2c1OCCO2)N1CCCC[C@H]1CCc1ccccn1. The van der Waals surface area contributed by atoms with E-state index in [-0.39, 0.29) is 11.9 Å². The van der Waals surface area contributed by atoms with Crippen molar-refractivity contribution in [2.75, 3.05) is 19.8 Å². The van der Waals surface area contributed by atoms with Crippen molar-refractivity contribution >= 4 is 5.91 Å². The third kappa shape index (κ3) is 3.52. The van der Waals surface area contributed by atoms with Gasteiger partial charge in [0, 0.05) is 24.5 Å². The van der Waals surface area contributed by atoms with Gasteiger partial charge in [0.05, 0.1) is 5.56 Å². The number of aryl methyl sites for hydroxylation is 1. The summed E-state index contributed by atoms with van der Waals surface area (Å²) >= 11 is 0. The molecule has 0 spiro atoms. The van der Waals surface area contributed by atoms with Gasteiger partial charge in [0.25, 0.3) is 5.91 Å². The van der Waals surface area contributed by atoms with Gasteiger partial charge in [-0.25, -0.2) is 0 Å². The molecular weight excluding hydrogens is 328 g/mol. The second-order valence-electron chi connectivity index (χ2n) is 6.84. The minimum atomic E-state index is 0.0538.